The van der Waals surface area contributed by atoms with Crippen LogP contribution in [0.15, 0.2) is 30.3 Å². The molecule has 0 atom stereocenters. The predicted molar refractivity (Wildman–Crippen MR) is 48.5 cm³/mol. The SMILES string of the molecule is NCC(=O)O.O=Cc1ccccc1. The number of carbonyl (C=O) groups excluding carboxylic acids is 1. The van der Waals surface area contributed by atoms with Crippen LogP contribution in [0, 0.1) is 0 Å². The number of aldehydes is 1. The highest BCUT2D eigenvalue weighted by Crippen LogP contribution is 1.91. The largest absolute Gasteiger partial charge is 0.480 e. The number of nitrogens with two attached hydrogens (primary N) is 1. The first kappa shape index (κ1) is 11.3. The van der Waals surface area contributed by atoms with Crippen LogP contribution >= 0.6 is 0 Å². The summed E-state index contributed by atoms with van der Waals surface area (Å²) in [6, 6.07) is 9.10. The average Bonchev–Trinajstić information content (AvgIpc) is 2.20. The van der Waals surface area contributed by atoms with Gasteiger partial charge < -0.3 is 10.8 Å². The van der Waals surface area contributed by atoms with Crippen LogP contribution in [0.2, 0.25) is 0 Å². The molecule has 0 aliphatic heterocycles. The molecule has 70 valence electrons. The van der Waals surface area contributed by atoms with Crippen molar-refractivity contribution < 1.29 is 14.7 Å². The number of carboxylic acids is 1. The highest BCUT2D eigenvalue weighted by Gasteiger charge is 1.81. The second kappa shape index (κ2) is 7.00. The Morgan fingerprint density at radius 2 is 1.85 bits per heavy atom. The van der Waals surface area contributed by atoms with Crippen molar-refractivity contribution in [1.29, 1.82) is 0 Å². The van der Waals surface area contributed by atoms with Crippen molar-refractivity contribution in [2.75, 3.05) is 6.54 Å². The van der Waals surface area contributed by atoms with Gasteiger partial charge in [-0.25, -0.2) is 0 Å². The molecule has 4 nitrogen and oxygen atoms in total. The zero-order valence-electron chi connectivity index (χ0n) is 7.01. The summed E-state index contributed by atoms with van der Waals surface area (Å²) in [5.74, 6) is -0.968. The molecule has 0 amide bonds. The number of rotatable bonds is 2. The molecule has 0 aromatic heterocycles. The minimum absolute atomic E-state index is 0.278. The van der Waals surface area contributed by atoms with E-state index in [-0.39, 0.29) is 6.54 Å². The first-order chi connectivity index (χ1) is 6.20. The Kier molecular flexibility index (Phi) is 6.09. The lowest BCUT2D eigenvalue weighted by Crippen LogP contribution is -2.10. The summed E-state index contributed by atoms with van der Waals surface area (Å²) >= 11 is 0. The summed E-state index contributed by atoms with van der Waals surface area (Å²) < 4.78 is 0. The molecule has 0 aliphatic carbocycles. The van der Waals surface area contributed by atoms with E-state index in [1.165, 1.54) is 0 Å². The van der Waals surface area contributed by atoms with Crippen LogP contribution in [0.25, 0.3) is 0 Å². The van der Waals surface area contributed by atoms with Crippen LogP contribution in [-0.4, -0.2) is 23.9 Å². The van der Waals surface area contributed by atoms with Gasteiger partial charge in [0, 0.05) is 5.56 Å². The number of carbonyl (C=O) groups is 2. The number of hydrogen-bond acceptors (Lipinski definition) is 3. The molecule has 0 heterocycles. The highest BCUT2D eigenvalue weighted by atomic mass is 16.4. The first-order valence-corrected chi connectivity index (χ1v) is 3.62. The average molecular weight is 181 g/mol. The Labute approximate surface area is 76.0 Å². The van der Waals surface area contributed by atoms with Crippen LogP contribution in [-0.2, 0) is 4.79 Å². The van der Waals surface area contributed by atoms with E-state index in [4.69, 9.17) is 5.11 Å². The second-order valence-electron chi connectivity index (χ2n) is 2.13. The van der Waals surface area contributed by atoms with Gasteiger partial charge in [0.25, 0.3) is 0 Å². The summed E-state index contributed by atoms with van der Waals surface area (Å²) in [5, 5.41) is 7.60. The summed E-state index contributed by atoms with van der Waals surface area (Å²) in [4.78, 5) is 19.2. The third kappa shape index (κ3) is 6.71. The third-order valence-corrected chi connectivity index (χ3v) is 1.11. The van der Waals surface area contributed by atoms with Crippen LogP contribution in [0.5, 0.6) is 0 Å². The van der Waals surface area contributed by atoms with E-state index >= 15 is 0 Å². The Bertz CT molecular complexity index is 259. The van der Waals surface area contributed by atoms with E-state index in [1.54, 1.807) is 12.1 Å². The topological polar surface area (TPSA) is 80.4 Å². The van der Waals surface area contributed by atoms with E-state index in [2.05, 4.69) is 5.73 Å². The molecule has 0 unspecified atom stereocenters. The quantitative estimate of drug-likeness (QED) is 0.652. The van der Waals surface area contributed by atoms with E-state index in [0.29, 0.717) is 0 Å². The molecule has 13 heavy (non-hydrogen) atoms. The lowest BCUT2D eigenvalue weighted by Gasteiger charge is -1.81. The zero-order valence-corrected chi connectivity index (χ0v) is 7.01. The van der Waals surface area contributed by atoms with Gasteiger partial charge in [0.15, 0.2) is 0 Å². The van der Waals surface area contributed by atoms with Crippen molar-refractivity contribution in [2.45, 2.75) is 0 Å². The van der Waals surface area contributed by atoms with Gasteiger partial charge in [-0.05, 0) is 0 Å². The lowest BCUT2D eigenvalue weighted by atomic mass is 10.2. The first-order valence-electron chi connectivity index (χ1n) is 3.62. The minimum atomic E-state index is -0.968. The zero-order chi connectivity index (χ0) is 10.1. The fraction of sp³-hybridized carbons (Fsp3) is 0.111. The third-order valence-electron chi connectivity index (χ3n) is 1.11. The second-order valence-corrected chi connectivity index (χ2v) is 2.13. The molecule has 3 N–H and O–H groups in total. The molecule has 0 fully saturated rings. The van der Waals surface area contributed by atoms with Gasteiger partial charge in [-0.15, -0.1) is 0 Å². The molecular formula is C9H11NO3. The standard InChI is InChI=1S/C7H6O.C2H5NO2/c8-6-7-4-2-1-3-5-7;3-1-2(4)5/h1-6H;1,3H2,(H,4,5). The van der Waals surface area contributed by atoms with Gasteiger partial charge in [-0.1, -0.05) is 30.3 Å². The number of carboxylic acid groups (broad SMARTS) is 1. The fourth-order valence-corrected chi connectivity index (χ4v) is 0.532. The Morgan fingerprint density at radius 3 is 2.08 bits per heavy atom. The summed E-state index contributed by atoms with van der Waals surface area (Å²) in [6.07, 6.45) is 0.833. The maximum atomic E-state index is 10.0. The fourth-order valence-electron chi connectivity index (χ4n) is 0.532. The van der Waals surface area contributed by atoms with Crippen molar-refractivity contribution in [2.24, 2.45) is 5.73 Å². The Balaban J connectivity index is 0.000000252. The van der Waals surface area contributed by atoms with Crippen LogP contribution in [0.1, 0.15) is 10.4 Å². The summed E-state index contributed by atoms with van der Waals surface area (Å²) in [6.45, 7) is -0.278. The molecular weight excluding hydrogens is 170 g/mol. The minimum Gasteiger partial charge on any atom is -0.480 e. The highest BCUT2D eigenvalue weighted by molar-refractivity contribution is 5.74. The van der Waals surface area contributed by atoms with Gasteiger partial charge >= 0.3 is 5.97 Å². The molecule has 4 heteroatoms. The summed E-state index contributed by atoms with van der Waals surface area (Å²) in [7, 11) is 0. The van der Waals surface area contributed by atoms with Crippen LogP contribution < -0.4 is 5.73 Å². The smallest absolute Gasteiger partial charge is 0.317 e. The normalized spacial score (nSPS) is 8.08. The van der Waals surface area contributed by atoms with Gasteiger partial charge in [-0.3, -0.25) is 9.59 Å². The number of benzene rings is 1. The maximum absolute atomic E-state index is 10.0. The molecule has 0 bridgehead atoms. The predicted octanol–water partition coefficient (Wildman–Crippen LogP) is 0.529. The molecule has 1 rings (SSSR count). The van der Waals surface area contributed by atoms with E-state index in [0.717, 1.165) is 11.8 Å². The van der Waals surface area contributed by atoms with Gasteiger partial charge in [0.2, 0.25) is 0 Å². The molecule has 1 aromatic carbocycles. The van der Waals surface area contributed by atoms with Crippen molar-refractivity contribution in [1.82, 2.24) is 0 Å². The van der Waals surface area contributed by atoms with Crippen molar-refractivity contribution in [3.8, 4) is 0 Å². The van der Waals surface area contributed by atoms with Crippen LogP contribution in [0.4, 0.5) is 0 Å². The van der Waals surface area contributed by atoms with Gasteiger partial charge in [0.1, 0.15) is 6.29 Å². The monoisotopic (exact) mass is 181 g/mol. The molecule has 1 aromatic rings. The molecule has 0 radical (unpaired) electrons. The van der Waals surface area contributed by atoms with Crippen molar-refractivity contribution >= 4 is 12.3 Å². The number of aliphatic carboxylic acids is 1. The van der Waals surface area contributed by atoms with Gasteiger partial charge in [0.05, 0.1) is 6.54 Å². The summed E-state index contributed by atoms with van der Waals surface area (Å²) in [5.41, 5.74) is 5.30. The van der Waals surface area contributed by atoms with Crippen LogP contribution in [0.3, 0.4) is 0 Å². The van der Waals surface area contributed by atoms with Crippen molar-refractivity contribution in [3.05, 3.63) is 35.9 Å². The molecule has 0 saturated heterocycles. The molecule has 0 aliphatic rings. The van der Waals surface area contributed by atoms with Gasteiger partial charge in [-0.2, -0.15) is 0 Å². The van der Waals surface area contributed by atoms with E-state index < -0.39 is 5.97 Å². The number of hydrogen-bond donors (Lipinski definition) is 2. The Morgan fingerprint density at radius 1 is 1.38 bits per heavy atom. The maximum Gasteiger partial charge on any atom is 0.317 e. The Hall–Kier alpha value is -1.68. The lowest BCUT2D eigenvalue weighted by molar-refractivity contribution is -0.135. The molecule has 0 saturated carbocycles. The van der Waals surface area contributed by atoms with Crippen molar-refractivity contribution in [3.63, 3.8) is 0 Å². The van der Waals surface area contributed by atoms with E-state index in [9.17, 15) is 9.59 Å². The van der Waals surface area contributed by atoms with E-state index in [1.807, 2.05) is 18.2 Å². The molecule has 0 spiro atoms.